The number of aromatic nitrogens is 1. The number of anilines is 1. The van der Waals surface area contributed by atoms with Crippen LogP contribution in [0.1, 0.15) is 5.56 Å². The molecule has 1 heterocycles. The Hall–Kier alpha value is -2.01. The zero-order valence-corrected chi connectivity index (χ0v) is 12.5. The van der Waals surface area contributed by atoms with Crippen LogP contribution in [0.25, 0.3) is 10.8 Å². The Morgan fingerprint density at radius 2 is 1.86 bits per heavy atom. The molecule has 0 bridgehead atoms. The fourth-order valence-corrected chi connectivity index (χ4v) is 2.48. The molecule has 0 fully saturated rings. The van der Waals surface area contributed by atoms with Crippen molar-refractivity contribution in [3.8, 4) is 0 Å². The Morgan fingerprint density at radius 3 is 2.71 bits per heavy atom. The van der Waals surface area contributed by atoms with E-state index in [0.29, 0.717) is 6.54 Å². The summed E-state index contributed by atoms with van der Waals surface area (Å²) in [5.74, 6) is -1.01. The van der Waals surface area contributed by atoms with Gasteiger partial charge in [0.1, 0.15) is 11.6 Å². The molecule has 3 rings (SSSR count). The summed E-state index contributed by atoms with van der Waals surface area (Å²) in [6.07, 6.45) is 3.50. The molecule has 0 aliphatic heterocycles. The Balaban J connectivity index is 1.89. The predicted molar refractivity (Wildman–Crippen MR) is 83.1 cm³/mol. The molecule has 0 saturated carbocycles. The Kier molecular flexibility index (Phi) is 3.84. The largest absolute Gasteiger partial charge is 0.378 e. The van der Waals surface area contributed by atoms with Crippen LogP contribution in [0.15, 0.2) is 53.3 Å². The first-order valence-corrected chi connectivity index (χ1v) is 7.14. The van der Waals surface area contributed by atoms with Crippen LogP contribution in [-0.2, 0) is 6.54 Å². The third-order valence-corrected chi connectivity index (χ3v) is 3.84. The van der Waals surface area contributed by atoms with E-state index in [2.05, 4.69) is 26.2 Å². The molecule has 21 heavy (non-hydrogen) atoms. The number of nitrogens with one attached hydrogen (secondary N) is 1. The number of fused-ring (bicyclic) bond motifs is 1. The van der Waals surface area contributed by atoms with E-state index in [0.717, 1.165) is 28.5 Å². The summed E-state index contributed by atoms with van der Waals surface area (Å²) in [6, 6.07) is 10.1. The topological polar surface area (TPSA) is 24.9 Å². The number of hydrogen-bond donors (Lipinski definition) is 1. The molecule has 2 aromatic carbocycles. The molecule has 2 nitrogen and oxygen atoms in total. The molecular formula is C16H11BrF2N2. The molecule has 3 aromatic rings. The zero-order valence-electron chi connectivity index (χ0n) is 10.9. The highest BCUT2D eigenvalue weighted by molar-refractivity contribution is 9.10. The van der Waals surface area contributed by atoms with Crippen molar-refractivity contribution in [3.05, 3.63) is 70.5 Å². The van der Waals surface area contributed by atoms with Crippen LogP contribution < -0.4 is 5.32 Å². The summed E-state index contributed by atoms with van der Waals surface area (Å²) in [5.41, 5.74) is 1.06. The van der Waals surface area contributed by atoms with E-state index in [4.69, 9.17) is 0 Å². The van der Waals surface area contributed by atoms with E-state index in [1.165, 1.54) is 0 Å². The molecule has 0 radical (unpaired) electrons. The number of halogens is 3. The molecule has 0 aliphatic rings. The van der Waals surface area contributed by atoms with Crippen molar-refractivity contribution >= 4 is 32.4 Å². The Morgan fingerprint density at radius 1 is 1.05 bits per heavy atom. The summed E-state index contributed by atoms with van der Waals surface area (Å²) in [4.78, 5) is 4.16. The zero-order chi connectivity index (χ0) is 14.8. The summed E-state index contributed by atoms with van der Waals surface area (Å²) in [6.45, 7) is 0.367. The van der Waals surface area contributed by atoms with Gasteiger partial charge in [0.25, 0.3) is 0 Å². The lowest BCUT2D eigenvalue weighted by atomic mass is 10.1. The van der Waals surface area contributed by atoms with Crippen LogP contribution in [0.2, 0.25) is 0 Å². The number of benzene rings is 2. The molecule has 106 valence electrons. The average Bonchev–Trinajstić information content (AvgIpc) is 2.49. The number of pyridine rings is 1. The van der Waals surface area contributed by atoms with Gasteiger partial charge in [0.2, 0.25) is 0 Å². The lowest BCUT2D eigenvalue weighted by Gasteiger charge is -2.10. The van der Waals surface area contributed by atoms with Crippen LogP contribution in [0.4, 0.5) is 14.5 Å². The maximum Gasteiger partial charge on any atom is 0.147 e. The molecule has 0 saturated heterocycles. The van der Waals surface area contributed by atoms with E-state index < -0.39 is 11.6 Å². The van der Waals surface area contributed by atoms with Gasteiger partial charge < -0.3 is 5.32 Å². The molecule has 0 spiro atoms. The fraction of sp³-hybridized carbons (Fsp3) is 0.0625. The lowest BCUT2D eigenvalue weighted by Crippen LogP contribution is -2.03. The van der Waals surface area contributed by atoms with Crippen molar-refractivity contribution in [1.82, 2.24) is 4.98 Å². The Bertz CT molecular complexity index is 800. The molecule has 5 heteroatoms. The molecule has 0 unspecified atom stereocenters. The second-order valence-electron chi connectivity index (χ2n) is 4.62. The third-order valence-electron chi connectivity index (χ3n) is 3.23. The lowest BCUT2D eigenvalue weighted by molar-refractivity contribution is 0.596. The van der Waals surface area contributed by atoms with E-state index in [1.807, 2.05) is 24.3 Å². The van der Waals surface area contributed by atoms with Crippen molar-refractivity contribution in [1.29, 1.82) is 0 Å². The van der Waals surface area contributed by atoms with E-state index >= 15 is 0 Å². The monoisotopic (exact) mass is 348 g/mol. The van der Waals surface area contributed by atoms with Crippen molar-refractivity contribution in [2.45, 2.75) is 6.54 Å². The normalized spacial score (nSPS) is 10.8. The molecule has 0 aliphatic carbocycles. The minimum Gasteiger partial charge on any atom is -0.378 e. The van der Waals surface area contributed by atoms with Gasteiger partial charge in [0, 0.05) is 30.4 Å². The van der Waals surface area contributed by atoms with Crippen molar-refractivity contribution < 1.29 is 8.78 Å². The minimum atomic E-state index is -0.505. The minimum absolute atomic E-state index is 0.109. The van der Waals surface area contributed by atoms with Crippen LogP contribution in [-0.4, -0.2) is 4.98 Å². The number of rotatable bonds is 3. The molecule has 0 atom stereocenters. The first-order chi connectivity index (χ1) is 10.1. The van der Waals surface area contributed by atoms with Gasteiger partial charge >= 0.3 is 0 Å². The van der Waals surface area contributed by atoms with Gasteiger partial charge in [0.15, 0.2) is 0 Å². The molecular weight excluding hydrogens is 338 g/mol. The maximum absolute atomic E-state index is 13.8. The molecule has 1 N–H and O–H groups in total. The standard InChI is InChI=1S/C16H11BrF2N2/c17-13-5-15(19)16(6-14(13)18)21-9-11-8-20-7-10-3-1-2-4-12(10)11/h1-8,21H,9H2. The first kappa shape index (κ1) is 13.9. The fourth-order valence-electron chi connectivity index (χ4n) is 2.17. The van der Waals surface area contributed by atoms with Gasteiger partial charge in [-0.1, -0.05) is 24.3 Å². The summed E-state index contributed by atoms with van der Waals surface area (Å²) < 4.78 is 27.4. The van der Waals surface area contributed by atoms with Crippen LogP contribution >= 0.6 is 15.9 Å². The van der Waals surface area contributed by atoms with Crippen molar-refractivity contribution in [2.75, 3.05) is 5.32 Å². The van der Waals surface area contributed by atoms with Gasteiger partial charge in [-0.15, -0.1) is 0 Å². The Labute approximate surface area is 129 Å². The van der Waals surface area contributed by atoms with E-state index in [-0.39, 0.29) is 10.2 Å². The predicted octanol–water partition coefficient (Wildman–Crippen LogP) is 4.89. The molecule has 0 amide bonds. The summed E-state index contributed by atoms with van der Waals surface area (Å²) in [5, 5.41) is 4.97. The smallest absolute Gasteiger partial charge is 0.147 e. The molecule has 1 aromatic heterocycles. The van der Waals surface area contributed by atoms with Crippen molar-refractivity contribution in [2.24, 2.45) is 0 Å². The average molecular weight is 349 g/mol. The maximum atomic E-state index is 13.8. The highest BCUT2D eigenvalue weighted by atomic mass is 79.9. The van der Waals surface area contributed by atoms with Gasteiger partial charge in [-0.25, -0.2) is 8.78 Å². The van der Waals surface area contributed by atoms with Gasteiger partial charge in [-0.05, 0) is 32.9 Å². The van der Waals surface area contributed by atoms with Crippen molar-refractivity contribution in [3.63, 3.8) is 0 Å². The number of hydrogen-bond acceptors (Lipinski definition) is 2. The van der Waals surface area contributed by atoms with E-state index in [9.17, 15) is 8.78 Å². The summed E-state index contributed by atoms with van der Waals surface area (Å²) in [7, 11) is 0. The SMILES string of the molecule is Fc1cc(NCc2cncc3ccccc23)c(F)cc1Br. The van der Waals surface area contributed by atoms with E-state index in [1.54, 1.807) is 12.4 Å². The highest BCUT2D eigenvalue weighted by Crippen LogP contribution is 2.24. The first-order valence-electron chi connectivity index (χ1n) is 6.35. The second kappa shape index (κ2) is 5.77. The third kappa shape index (κ3) is 2.88. The second-order valence-corrected chi connectivity index (χ2v) is 5.47. The quantitative estimate of drug-likeness (QED) is 0.681. The van der Waals surface area contributed by atoms with Crippen LogP contribution in [0.3, 0.4) is 0 Å². The van der Waals surface area contributed by atoms with Gasteiger partial charge in [-0.3, -0.25) is 4.98 Å². The highest BCUT2D eigenvalue weighted by Gasteiger charge is 2.08. The van der Waals surface area contributed by atoms with Crippen LogP contribution in [0.5, 0.6) is 0 Å². The summed E-state index contributed by atoms with van der Waals surface area (Å²) >= 11 is 2.96. The number of nitrogens with zero attached hydrogens (tertiary/aromatic N) is 1. The van der Waals surface area contributed by atoms with Gasteiger partial charge in [-0.2, -0.15) is 0 Å². The van der Waals surface area contributed by atoms with Gasteiger partial charge in [0.05, 0.1) is 10.2 Å². The van der Waals surface area contributed by atoms with Crippen LogP contribution in [0, 0.1) is 11.6 Å².